The summed E-state index contributed by atoms with van der Waals surface area (Å²) in [7, 11) is 1.66. The van der Waals surface area contributed by atoms with Crippen molar-refractivity contribution in [3.8, 4) is 0 Å². The highest BCUT2D eigenvalue weighted by Crippen LogP contribution is 2.21. The molecule has 0 aliphatic heterocycles. The summed E-state index contributed by atoms with van der Waals surface area (Å²) in [5, 5.41) is 15.3. The second kappa shape index (κ2) is 5.52. The molecular formula is C11H12ClN5O4. The topological polar surface area (TPSA) is 116 Å². The molecule has 9 nitrogen and oxygen atoms in total. The maximum absolute atomic E-state index is 11.7. The van der Waals surface area contributed by atoms with Gasteiger partial charge in [0.2, 0.25) is 0 Å². The van der Waals surface area contributed by atoms with E-state index in [4.69, 9.17) is 11.6 Å². The lowest BCUT2D eigenvalue weighted by atomic mass is 10.3. The van der Waals surface area contributed by atoms with Gasteiger partial charge in [-0.1, -0.05) is 18.5 Å². The van der Waals surface area contributed by atoms with Crippen molar-refractivity contribution >= 4 is 17.3 Å². The van der Waals surface area contributed by atoms with Crippen molar-refractivity contribution in [3.63, 3.8) is 0 Å². The Morgan fingerprint density at radius 1 is 1.48 bits per heavy atom. The number of aromatic nitrogens is 4. The van der Waals surface area contributed by atoms with Crippen LogP contribution in [0.2, 0.25) is 5.02 Å². The molecule has 0 fully saturated rings. The molecule has 0 unspecified atom stereocenters. The summed E-state index contributed by atoms with van der Waals surface area (Å²) in [6, 6.07) is 0. The molecule has 2 aromatic heterocycles. The summed E-state index contributed by atoms with van der Waals surface area (Å²) >= 11 is 6.16. The van der Waals surface area contributed by atoms with Gasteiger partial charge < -0.3 is 0 Å². The van der Waals surface area contributed by atoms with Gasteiger partial charge in [-0.2, -0.15) is 5.10 Å². The van der Waals surface area contributed by atoms with E-state index in [1.165, 1.54) is 4.68 Å². The summed E-state index contributed by atoms with van der Waals surface area (Å²) in [5.74, 6) is 0. The van der Waals surface area contributed by atoms with Crippen molar-refractivity contribution in [2.24, 2.45) is 7.05 Å². The molecule has 2 aromatic rings. The Balaban J connectivity index is 2.52. The van der Waals surface area contributed by atoms with Crippen LogP contribution in [0, 0.1) is 10.1 Å². The summed E-state index contributed by atoms with van der Waals surface area (Å²) in [6.07, 6.45) is 1.52. The molecule has 2 rings (SSSR count). The van der Waals surface area contributed by atoms with Gasteiger partial charge >= 0.3 is 16.9 Å². The number of aromatic amines is 1. The number of H-pyrrole nitrogens is 1. The van der Waals surface area contributed by atoms with E-state index in [-0.39, 0.29) is 6.54 Å². The lowest BCUT2D eigenvalue weighted by Gasteiger charge is -2.05. The Morgan fingerprint density at radius 3 is 2.67 bits per heavy atom. The lowest BCUT2D eigenvalue weighted by Crippen LogP contribution is -2.31. The van der Waals surface area contributed by atoms with Crippen molar-refractivity contribution < 1.29 is 4.92 Å². The maximum atomic E-state index is 11.7. The average Bonchev–Trinajstić information content (AvgIpc) is 2.68. The zero-order valence-electron chi connectivity index (χ0n) is 11.3. The average molecular weight is 314 g/mol. The first kappa shape index (κ1) is 15.0. The molecule has 0 atom stereocenters. The van der Waals surface area contributed by atoms with Crippen molar-refractivity contribution in [2.75, 3.05) is 0 Å². The largest absolute Gasteiger partial charge is 0.350 e. The van der Waals surface area contributed by atoms with E-state index in [1.54, 1.807) is 7.05 Å². The molecule has 0 radical (unpaired) electrons. The molecule has 0 saturated carbocycles. The quantitative estimate of drug-likeness (QED) is 0.649. The van der Waals surface area contributed by atoms with Crippen LogP contribution < -0.4 is 11.2 Å². The van der Waals surface area contributed by atoms with E-state index in [0.29, 0.717) is 22.8 Å². The number of nitrogens with zero attached hydrogens (tertiary/aromatic N) is 4. The Hall–Kier alpha value is -2.42. The zero-order chi connectivity index (χ0) is 15.7. The summed E-state index contributed by atoms with van der Waals surface area (Å²) in [4.78, 5) is 34.9. The fraction of sp³-hybridized carbons (Fsp3) is 0.364. The highest BCUT2D eigenvalue weighted by molar-refractivity contribution is 6.31. The molecule has 10 heteroatoms. The first-order valence-electron chi connectivity index (χ1n) is 6.03. The van der Waals surface area contributed by atoms with Gasteiger partial charge in [-0.05, 0) is 6.42 Å². The van der Waals surface area contributed by atoms with Crippen LogP contribution >= 0.6 is 11.6 Å². The standard InChI is InChI=1S/C11H12ClN5O4/c1-3-6-9(12)7(15(2)14-6)4-16-5-8(17(20)21)10(18)13-11(16)19/h5H,3-4H2,1-2H3,(H,13,18,19). The minimum Gasteiger partial charge on any atom is -0.288 e. The van der Waals surface area contributed by atoms with E-state index in [2.05, 4.69) is 5.10 Å². The number of halogens is 1. The van der Waals surface area contributed by atoms with E-state index < -0.39 is 21.9 Å². The Bertz CT molecular complexity index is 819. The Labute approximate surface area is 122 Å². The van der Waals surface area contributed by atoms with Crippen LogP contribution in [-0.4, -0.2) is 24.3 Å². The molecule has 0 saturated heterocycles. The highest BCUT2D eigenvalue weighted by atomic mass is 35.5. The Kier molecular flexibility index (Phi) is 3.94. The molecule has 1 N–H and O–H groups in total. The molecule has 112 valence electrons. The fourth-order valence-corrected chi connectivity index (χ4v) is 2.25. The number of hydrogen-bond donors (Lipinski definition) is 1. The first-order valence-corrected chi connectivity index (χ1v) is 6.41. The van der Waals surface area contributed by atoms with E-state index in [1.807, 2.05) is 11.9 Å². The van der Waals surface area contributed by atoms with E-state index in [9.17, 15) is 19.7 Å². The summed E-state index contributed by atoms with van der Waals surface area (Å²) in [6.45, 7) is 1.85. The van der Waals surface area contributed by atoms with Gasteiger partial charge in [0.1, 0.15) is 0 Å². The number of hydrogen-bond acceptors (Lipinski definition) is 5. The SMILES string of the molecule is CCc1nn(C)c(Cn2cc([N+](=O)[O-])c(=O)[nH]c2=O)c1Cl. The smallest absolute Gasteiger partial charge is 0.288 e. The second-order valence-electron chi connectivity index (χ2n) is 4.34. The molecule has 0 aliphatic carbocycles. The number of nitrogens with one attached hydrogen (secondary N) is 1. The van der Waals surface area contributed by atoms with Gasteiger partial charge in [0, 0.05) is 7.05 Å². The van der Waals surface area contributed by atoms with Crippen molar-refractivity contribution in [1.82, 2.24) is 19.3 Å². The first-order chi connectivity index (χ1) is 9.85. The van der Waals surface area contributed by atoms with Crippen LogP contribution in [0.3, 0.4) is 0 Å². The number of aryl methyl sites for hydroxylation is 2. The van der Waals surface area contributed by atoms with Gasteiger partial charge in [-0.3, -0.25) is 29.1 Å². The number of nitro groups is 1. The van der Waals surface area contributed by atoms with E-state index in [0.717, 1.165) is 10.8 Å². The van der Waals surface area contributed by atoms with E-state index >= 15 is 0 Å². The van der Waals surface area contributed by atoms with Crippen LogP contribution in [0.25, 0.3) is 0 Å². The van der Waals surface area contributed by atoms with Crippen LogP contribution in [0.15, 0.2) is 15.8 Å². The van der Waals surface area contributed by atoms with Crippen molar-refractivity contribution in [1.29, 1.82) is 0 Å². The third-order valence-corrected chi connectivity index (χ3v) is 3.45. The van der Waals surface area contributed by atoms with Crippen LogP contribution in [0.4, 0.5) is 5.69 Å². The normalized spacial score (nSPS) is 10.8. The monoisotopic (exact) mass is 313 g/mol. The summed E-state index contributed by atoms with van der Waals surface area (Å²) in [5.41, 5.74) is -1.30. The minimum atomic E-state index is -1.04. The van der Waals surface area contributed by atoms with Crippen molar-refractivity contribution in [2.45, 2.75) is 19.9 Å². The second-order valence-corrected chi connectivity index (χ2v) is 4.72. The molecule has 21 heavy (non-hydrogen) atoms. The fourth-order valence-electron chi connectivity index (χ4n) is 1.90. The molecule has 0 bridgehead atoms. The lowest BCUT2D eigenvalue weighted by molar-refractivity contribution is -0.386. The molecule has 0 amide bonds. The summed E-state index contributed by atoms with van der Waals surface area (Å²) < 4.78 is 2.52. The molecule has 2 heterocycles. The maximum Gasteiger partial charge on any atom is 0.350 e. The third kappa shape index (κ3) is 2.72. The van der Waals surface area contributed by atoms with Gasteiger partial charge in [0.05, 0.1) is 34.1 Å². The molecule has 0 spiro atoms. The predicted octanol–water partition coefficient (Wildman–Crippen LogP) is 0.442. The van der Waals surface area contributed by atoms with Gasteiger partial charge in [-0.25, -0.2) is 4.79 Å². The minimum absolute atomic E-state index is 0.0290. The van der Waals surface area contributed by atoms with Crippen LogP contribution in [0.1, 0.15) is 18.3 Å². The molecule has 0 aliphatic rings. The number of rotatable bonds is 4. The van der Waals surface area contributed by atoms with Gasteiger partial charge in [-0.15, -0.1) is 0 Å². The third-order valence-electron chi connectivity index (χ3n) is 3.01. The highest BCUT2D eigenvalue weighted by Gasteiger charge is 2.18. The van der Waals surface area contributed by atoms with Gasteiger partial charge in [0.15, 0.2) is 0 Å². The molecular weight excluding hydrogens is 302 g/mol. The van der Waals surface area contributed by atoms with Crippen LogP contribution in [-0.2, 0) is 20.0 Å². The zero-order valence-corrected chi connectivity index (χ0v) is 12.0. The van der Waals surface area contributed by atoms with Crippen LogP contribution in [0.5, 0.6) is 0 Å². The Morgan fingerprint density at radius 2 is 2.14 bits per heavy atom. The molecule has 0 aromatic carbocycles. The van der Waals surface area contributed by atoms with Crippen molar-refractivity contribution in [3.05, 3.63) is 53.6 Å². The van der Waals surface area contributed by atoms with Gasteiger partial charge in [0.25, 0.3) is 0 Å². The predicted molar refractivity (Wildman–Crippen MR) is 74.7 cm³/mol.